The fourth-order valence-electron chi connectivity index (χ4n) is 11.0. The fraction of sp³-hybridized carbons (Fsp3) is 0.480. The number of sulfonamides is 1. The van der Waals surface area contributed by atoms with Crippen molar-refractivity contribution in [2.75, 3.05) is 42.9 Å². The molecular weight excluding hydrogens is 916 g/mol. The lowest BCUT2D eigenvalue weighted by Gasteiger charge is -2.57. The number of pyridine rings is 1. The van der Waals surface area contributed by atoms with Crippen molar-refractivity contribution in [2.24, 2.45) is 11.3 Å². The largest absolute Gasteiger partial charge is 0.451 e. The van der Waals surface area contributed by atoms with Crippen LogP contribution in [-0.4, -0.2) is 90.2 Å². The summed E-state index contributed by atoms with van der Waals surface area (Å²) in [6.45, 7) is 6.61. The van der Waals surface area contributed by atoms with E-state index in [-0.39, 0.29) is 39.4 Å². The highest BCUT2D eigenvalue weighted by Crippen LogP contribution is 2.49. The number of amides is 1. The number of hydrogen-bond donors (Lipinski definition) is 4. The van der Waals surface area contributed by atoms with Gasteiger partial charge < -0.3 is 29.8 Å². The number of rotatable bonds is 15. The van der Waals surface area contributed by atoms with Crippen LogP contribution in [0, 0.1) is 27.3 Å². The molecule has 2 saturated heterocycles. The monoisotopic (exact) mass is 973 g/mol. The molecule has 1 spiro atoms. The second-order valence-corrected chi connectivity index (χ2v) is 21.6. The zero-order valence-electron chi connectivity index (χ0n) is 38.9. The number of aliphatic hydroxyl groups is 1. The molecule has 0 unspecified atom stereocenters. The summed E-state index contributed by atoms with van der Waals surface area (Å²) in [6, 6.07) is 18.1. The van der Waals surface area contributed by atoms with Gasteiger partial charge in [-0.05, 0) is 117 Å². The van der Waals surface area contributed by atoms with Crippen LogP contribution in [0.4, 0.5) is 30.2 Å². The predicted octanol–water partition coefficient (Wildman–Crippen LogP) is 9.84. The number of aromatic nitrogens is 2. The molecule has 15 nitrogen and oxygen atoms in total. The van der Waals surface area contributed by atoms with E-state index in [4.69, 9.17) is 4.74 Å². The number of hydrogen-bond acceptors (Lipinski definition) is 12. The van der Waals surface area contributed by atoms with E-state index in [0.29, 0.717) is 68.9 Å². The summed E-state index contributed by atoms with van der Waals surface area (Å²) in [5.74, 6) is -2.32. The van der Waals surface area contributed by atoms with E-state index < -0.39 is 61.1 Å². The van der Waals surface area contributed by atoms with Crippen molar-refractivity contribution in [3.8, 4) is 17.4 Å². The second-order valence-electron chi connectivity index (χ2n) is 20.0. The molecule has 4 heterocycles. The number of piperidine rings is 1. The molecule has 4 aliphatic rings. The maximum Gasteiger partial charge on any atom is 0.388 e. The maximum absolute atomic E-state index is 14.8. The molecule has 19 heteroatoms. The molecule has 0 radical (unpaired) electrons. The summed E-state index contributed by atoms with van der Waals surface area (Å²) in [6.07, 6.45) is 8.91. The van der Waals surface area contributed by atoms with Gasteiger partial charge in [0.1, 0.15) is 22.9 Å². The van der Waals surface area contributed by atoms with Gasteiger partial charge >= 0.3 is 6.61 Å². The van der Waals surface area contributed by atoms with Crippen LogP contribution in [0.3, 0.4) is 0 Å². The molecule has 2 atom stereocenters. The van der Waals surface area contributed by atoms with Crippen molar-refractivity contribution in [2.45, 2.75) is 114 Å². The molecule has 368 valence electrons. The molecule has 69 heavy (non-hydrogen) atoms. The number of nitrogens with zero attached hydrogens (tertiary/aromatic N) is 4. The zero-order chi connectivity index (χ0) is 48.8. The quantitative estimate of drug-likeness (QED) is 0.0574. The third-order valence-electron chi connectivity index (χ3n) is 14.9. The van der Waals surface area contributed by atoms with E-state index in [1.807, 2.05) is 4.72 Å². The Morgan fingerprint density at radius 2 is 1.74 bits per heavy atom. The van der Waals surface area contributed by atoms with Crippen LogP contribution in [0.15, 0.2) is 77.8 Å². The van der Waals surface area contributed by atoms with Gasteiger partial charge in [0.25, 0.3) is 27.5 Å². The molecule has 2 saturated carbocycles. The smallest absolute Gasteiger partial charge is 0.388 e. The highest BCUT2D eigenvalue weighted by atomic mass is 32.2. The molecule has 1 amide bonds. The predicted molar refractivity (Wildman–Crippen MR) is 254 cm³/mol. The van der Waals surface area contributed by atoms with Crippen molar-refractivity contribution >= 4 is 44.0 Å². The van der Waals surface area contributed by atoms with Gasteiger partial charge in [-0.3, -0.25) is 19.8 Å². The minimum Gasteiger partial charge on any atom is -0.451 e. The number of halogens is 3. The lowest BCUT2D eigenvalue weighted by atomic mass is 9.70. The highest BCUT2D eigenvalue weighted by Gasteiger charge is 2.49. The van der Waals surface area contributed by atoms with Crippen LogP contribution in [0.1, 0.15) is 112 Å². The maximum atomic E-state index is 14.8. The van der Waals surface area contributed by atoms with Gasteiger partial charge in [0.05, 0.1) is 26.4 Å². The van der Waals surface area contributed by atoms with Gasteiger partial charge in [-0.15, -0.1) is 0 Å². The summed E-state index contributed by atoms with van der Waals surface area (Å²) in [5, 5.41) is 25.4. The number of H-pyrrole nitrogens is 1. The van der Waals surface area contributed by atoms with E-state index >= 15 is 0 Å². The van der Waals surface area contributed by atoms with E-state index in [1.165, 1.54) is 48.6 Å². The number of fused-ring (bicyclic) bond motifs is 1. The number of anilines is 2. The van der Waals surface area contributed by atoms with Crippen LogP contribution < -0.4 is 24.4 Å². The Balaban J connectivity index is 0.943. The Morgan fingerprint density at radius 1 is 1.00 bits per heavy atom. The number of nitro groups is 1. The Kier molecular flexibility index (Phi) is 13.3. The first kappa shape index (κ1) is 48.1. The topological polar surface area (TPSA) is 192 Å². The van der Waals surface area contributed by atoms with Crippen LogP contribution in [0.25, 0.3) is 11.0 Å². The molecule has 9 rings (SSSR count). The number of carbonyl (C=O) groups is 1. The number of aromatic amines is 1. The van der Waals surface area contributed by atoms with E-state index in [9.17, 15) is 41.6 Å². The van der Waals surface area contributed by atoms with Gasteiger partial charge in [-0.25, -0.2) is 17.5 Å². The molecule has 0 bridgehead atoms. The van der Waals surface area contributed by atoms with Crippen LogP contribution in [0.5, 0.6) is 17.4 Å². The molecule has 2 aromatic heterocycles. The van der Waals surface area contributed by atoms with Gasteiger partial charge in [-0.2, -0.15) is 13.8 Å². The first-order chi connectivity index (χ1) is 32.9. The van der Waals surface area contributed by atoms with Gasteiger partial charge in [0, 0.05) is 68.8 Å². The van der Waals surface area contributed by atoms with Gasteiger partial charge in [0.2, 0.25) is 0 Å². The van der Waals surface area contributed by atoms with Crippen molar-refractivity contribution in [3.05, 3.63) is 106 Å². The fourth-order valence-corrected chi connectivity index (χ4v) is 12.0. The number of nitrogens with one attached hydrogen (secondary N) is 3. The third-order valence-corrected chi connectivity index (χ3v) is 16.2. The summed E-state index contributed by atoms with van der Waals surface area (Å²) < 4.78 is 82.6. The van der Waals surface area contributed by atoms with Crippen molar-refractivity contribution in [1.82, 2.24) is 19.6 Å². The van der Waals surface area contributed by atoms with Crippen LogP contribution in [-0.2, 0) is 10.0 Å². The highest BCUT2D eigenvalue weighted by molar-refractivity contribution is 7.90. The number of benzene rings is 3. The zero-order valence-corrected chi connectivity index (χ0v) is 39.7. The van der Waals surface area contributed by atoms with E-state index in [1.54, 1.807) is 13.0 Å². The molecule has 3 aromatic carbocycles. The minimum atomic E-state index is -4.77. The number of ether oxygens (including phenoxy) is 2. The number of nitro benzene ring substituents is 1. The molecule has 2 aliphatic carbocycles. The van der Waals surface area contributed by atoms with Crippen molar-refractivity contribution in [1.29, 1.82) is 0 Å². The summed E-state index contributed by atoms with van der Waals surface area (Å²) in [7, 11) is -4.77. The SMILES string of the molecule is CC(C)c1ccccc1[C@H]1CCC[C@H]1N1CC2(CCN(c3ccc(C(=O)NS(=O)(=O)c4ccc(NCC5CCC(C)(O)CC5)c([N+](=O)[O-])c4)c(Oc4cc5c(F)c[nH]c5nc4OC(F)F)c3)CC2)C1. The Morgan fingerprint density at radius 3 is 2.45 bits per heavy atom. The first-order valence-corrected chi connectivity index (χ1v) is 25.2. The number of carbonyl (C=O) groups excluding carboxylic acids is 1. The molecule has 2 aliphatic heterocycles. The lowest BCUT2D eigenvalue weighted by Crippen LogP contribution is -2.63. The average molecular weight is 974 g/mol. The second kappa shape index (κ2) is 19.1. The summed E-state index contributed by atoms with van der Waals surface area (Å²) in [5.41, 5.74) is 1.99. The Labute approximate surface area is 399 Å². The Bertz CT molecular complexity index is 2830. The first-order valence-electron chi connectivity index (χ1n) is 23.7. The molecule has 4 N–H and O–H groups in total. The molecule has 5 aromatic rings. The Hall–Kier alpha value is -5.92. The average Bonchev–Trinajstić information content (AvgIpc) is 3.93. The standard InChI is InChI=1S/C50H58F3N7O8S/c1-30(2)34-7-4-5-8-35(34)36-9-6-10-41(36)59-28-50(29-59)19-21-58(22-20-50)32-11-13-37(43(23-32)67-44-25-38-39(51)27-55-45(38)56-47(44)68-48(52)53)46(61)57-69(65,66)33-12-14-40(42(24-33)60(63)64)54-26-31-15-17-49(3,62)18-16-31/h4-5,7-8,11-14,23-25,27,30-31,36,41,48,54,62H,6,9-10,15-22,26,28-29H2,1-3H3,(H,55,56)(H,57,61)/t31?,36-,41-,49?/m1/s1. The van der Waals surface area contributed by atoms with Crippen LogP contribution >= 0.6 is 0 Å². The lowest BCUT2D eigenvalue weighted by molar-refractivity contribution is -0.384. The van der Waals surface area contributed by atoms with Gasteiger partial charge in [0.15, 0.2) is 5.75 Å². The summed E-state index contributed by atoms with van der Waals surface area (Å²) >= 11 is 0. The normalized spacial score (nSPS) is 22.8. The summed E-state index contributed by atoms with van der Waals surface area (Å²) in [4.78, 5) is 36.3. The molecule has 4 fully saturated rings. The van der Waals surface area contributed by atoms with Gasteiger partial charge in [-0.1, -0.05) is 44.5 Å². The number of alkyl halides is 2. The number of likely N-dealkylation sites (tertiary alicyclic amines) is 1. The van der Waals surface area contributed by atoms with Crippen LogP contribution in [0.2, 0.25) is 0 Å². The van der Waals surface area contributed by atoms with E-state index in [0.717, 1.165) is 50.3 Å². The van der Waals surface area contributed by atoms with E-state index in [2.05, 4.69) is 67.9 Å². The molecular formula is C50H58F3N7O8S. The van der Waals surface area contributed by atoms with Crippen molar-refractivity contribution in [3.63, 3.8) is 0 Å². The minimum absolute atomic E-state index is 0.0872. The van der Waals surface area contributed by atoms with Crippen molar-refractivity contribution < 1.29 is 45.9 Å². The third kappa shape index (κ3) is 10.2.